The summed E-state index contributed by atoms with van der Waals surface area (Å²) in [5.41, 5.74) is 19.0. The number of carboxylic acids is 3. The Morgan fingerprint density at radius 3 is 1.46 bits per heavy atom. The smallest absolute Gasteiger partial charge is 0.549 e. The van der Waals surface area contributed by atoms with Gasteiger partial charge in [0.05, 0.1) is 56.6 Å². The molecule has 51 nitrogen and oxygen atoms in total. The number of aliphatic carboxylic acids is 3. The number of aromatic amines is 3. The van der Waals surface area contributed by atoms with Crippen LogP contribution in [0.4, 0.5) is 0 Å². The van der Waals surface area contributed by atoms with Crippen LogP contribution in [0.15, 0.2) is 79.8 Å². The largest absolute Gasteiger partial charge is 3.00 e. The third-order valence-electron chi connectivity index (χ3n) is 23.6. The molecule has 12 atom stereocenters. The summed E-state index contributed by atoms with van der Waals surface area (Å²) in [5.74, 6) is -19.4. The number of hydrogen-bond acceptors (Lipinski definition) is 32. The fourth-order valence-corrected chi connectivity index (χ4v) is 16.9. The molecule has 0 bridgehead atoms. The van der Waals surface area contributed by atoms with Crippen LogP contribution in [0.1, 0.15) is 109 Å². The van der Waals surface area contributed by atoms with Gasteiger partial charge in [-0.2, -0.15) is 23.5 Å². The fourth-order valence-electron chi connectivity index (χ4n) is 16.0. The number of guanidine groups is 1. The van der Waals surface area contributed by atoms with Crippen molar-refractivity contribution >= 4 is 179 Å². The number of nitrogens with one attached hydrogen (secondary N) is 18. The first-order valence-electron chi connectivity index (χ1n) is 47.0. The Morgan fingerprint density at radius 2 is 0.945 bits per heavy atom. The molecule has 2 aromatic carbocycles. The van der Waals surface area contributed by atoms with Crippen molar-refractivity contribution < 1.29 is 112 Å². The van der Waals surface area contributed by atoms with E-state index < -0.39 is 249 Å². The van der Waals surface area contributed by atoms with Crippen molar-refractivity contribution in [3.63, 3.8) is 0 Å². The van der Waals surface area contributed by atoms with Crippen LogP contribution in [-0.2, 0) is 117 Å². The van der Waals surface area contributed by atoms with Crippen molar-refractivity contribution in [2.24, 2.45) is 29.0 Å². The van der Waals surface area contributed by atoms with Gasteiger partial charge in [0, 0.05) is 152 Å². The van der Waals surface area contributed by atoms with Gasteiger partial charge >= 0.3 is 25.8 Å². The zero-order valence-corrected chi connectivity index (χ0v) is 86.9. The van der Waals surface area contributed by atoms with Crippen LogP contribution in [0, 0.1) is 17.2 Å². The summed E-state index contributed by atoms with van der Waals surface area (Å²) in [6, 6.07) is -4.58. The number of likely N-dealkylation sites (tertiary alicyclic amines) is 1. The van der Waals surface area contributed by atoms with Crippen LogP contribution in [0.25, 0.3) is 10.9 Å². The van der Waals surface area contributed by atoms with Crippen LogP contribution in [0.2, 0.25) is 0 Å². The zero-order chi connectivity index (χ0) is 106. The molecule has 5 aromatic rings. The molecule has 3 aromatic heterocycles. The van der Waals surface area contributed by atoms with Gasteiger partial charge in [0.1, 0.15) is 78.3 Å². The van der Waals surface area contributed by atoms with Crippen molar-refractivity contribution in [3.8, 4) is 5.75 Å². The Labute approximate surface area is 864 Å². The number of imidazole rings is 2. The van der Waals surface area contributed by atoms with Crippen LogP contribution < -0.4 is 107 Å². The summed E-state index contributed by atoms with van der Waals surface area (Å²) >= 11 is 2.77. The number of rotatable bonds is 58. The number of nitrogens with zero attached hydrogens (tertiary/aromatic N) is 7. The number of aromatic hydroxyl groups is 1. The van der Waals surface area contributed by atoms with Crippen LogP contribution >= 0.6 is 23.5 Å². The van der Waals surface area contributed by atoms with Crippen molar-refractivity contribution in [2.75, 3.05) is 129 Å². The molecule has 0 spiro atoms. The number of hydrogen-bond donors (Lipinski definition) is 22. The van der Waals surface area contributed by atoms with E-state index in [9.17, 15) is 107 Å². The number of para-hydroxylation sites is 1. The second kappa shape index (κ2) is 61.8. The average molecular weight is 2160 g/mol. The third kappa shape index (κ3) is 42.6. The van der Waals surface area contributed by atoms with Crippen molar-refractivity contribution in [1.82, 2.24) is 124 Å². The number of carboxylic acid groups (broad SMARTS) is 3. The first-order chi connectivity index (χ1) is 68.4. The summed E-state index contributed by atoms with van der Waals surface area (Å²) in [7, 11) is 0. The minimum Gasteiger partial charge on any atom is -0.549 e. The van der Waals surface area contributed by atoms with E-state index in [0.29, 0.717) is 39.2 Å². The standard InChI is InChI=1S/C91H136N28O23S2.In/c1-51(2)34-64(84(136)108-61(79(93)131)20-32-143-6)110-85(137)66(37-56-41-96-49-102-56)106-73(123)44-101-89(141)78(52(3)4)114-80(132)53(5)104-83(135)65(36-55-40-99-60-13-9-8-12-59(55)60)111-86(138)67(38-57-42-97-50-103-57)112-87(139)68(39-71(92)121)107-72(122)43-100-81(133)62(14-10-22-98-91(94)95)109-88(140)70-15-11-23-119(70)90(142)69(35-54-16-18-58(120)19-17-54)113-82(134)63(21-33-144-7)105-74(124)45-115-24-26-116(46-75(125)126)28-30-118(48-77(129)130)31-29-117(27-25-115)47-76(127)128;/h8-9,12-13,16-19,40-42,49-53,61-70,78,99,120H,10-11,14-15,20-39,43-48H2,1-7H3,(H2,92,121)(H2,93,131)(H,96,102)(H,97,103)(H,100,133)(H,101,141)(H,104,135)(H,105,124)(H,106,123)(H,107,122)(H,108,136)(H,109,140)(H,110,137)(H,111,138)(H,112,139)(H,113,134)(H,114,132)(H,125,126)(H,127,128)(H,129,130)(H4,94,95,98);/q;+3/p-3/t53-,61-,62-,63-,64-,65-,66-,67-,68-,69-,70-,78-;/m0./s1/i;1-4. The quantitative estimate of drug-likeness (QED) is 0.00976. The number of aromatic nitrogens is 5. The van der Waals surface area contributed by atoms with E-state index in [2.05, 4.69) is 99.4 Å². The molecule has 54 heteroatoms. The van der Waals surface area contributed by atoms with Crippen LogP contribution in [0.3, 0.4) is 0 Å². The van der Waals surface area contributed by atoms with Gasteiger partial charge in [0.25, 0.3) is 0 Å². The SMILES string of the molecule is CSCC[C@H](NC(=O)[C@H](CC(C)C)NC(=O)[C@H](Cc1cnc[nH]1)NC(=O)CNC(=O)[C@@H](NC(=O)[C@H](C)NC(=O)[C@H](Cc1c[nH]c2ccccc12)NC(=O)[C@H](Cc1cnc[nH]1)NC(=O)[C@H](CC(N)=O)NC(=O)CNC(=O)[C@H](CCCNC(=N)N)NC(=O)[C@@H]1CCCN1C(=O)[C@H](Cc1ccc(O)cc1)NC(=O)[C@H](CCSC)NC(=O)CN1CCN(CC(=O)[O-])CCN(CC(=O)[O-])CCN(CC(=O)[O-])CC1)C(C)C)C(N)=O.[111In+3]. The molecular weight excluding hydrogens is 2030 g/mol. The van der Waals surface area contributed by atoms with Gasteiger partial charge in [-0.3, -0.25) is 102 Å². The summed E-state index contributed by atoms with van der Waals surface area (Å²) in [6.07, 6.45) is 8.96. The number of fused-ring (bicyclic) bond motifs is 1. The molecule has 0 unspecified atom stereocenters. The number of phenolic OH excluding ortho intramolecular Hbond substituents is 1. The van der Waals surface area contributed by atoms with Crippen LogP contribution in [-0.4, -0.2) is 400 Å². The van der Waals surface area contributed by atoms with E-state index in [-0.39, 0.29) is 173 Å². The molecule has 0 radical (unpaired) electrons. The number of carbonyl (C=O) groups excluding carboxylic acids is 19. The number of primary amides is 2. The summed E-state index contributed by atoms with van der Waals surface area (Å²) < 4.78 is 0. The molecule has 2 aliphatic heterocycles. The molecule has 2 fully saturated rings. The number of benzene rings is 2. The summed E-state index contributed by atoms with van der Waals surface area (Å²) in [4.78, 5) is 286. The molecule has 0 aliphatic carbocycles. The Morgan fingerprint density at radius 1 is 0.483 bits per heavy atom. The number of amides is 16. The predicted molar refractivity (Wildman–Crippen MR) is 525 cm³/mol. The van der Waals surface area contributed by atoms with Gasteiger partial charge in [0.15, 0.2) is 5.96 Å². The summed E-state index contributed by atoms with van der Waals surface area (Å²) in [6.45, 7) is 4.52. The fraction of sp³-hybridized carbons (Fsp3) is 0.560. The Bertz CT molecular complexity index is 5170. The Kier molecular flexibility index (Phi) is 51.4. The number of thioether (sulfide) groups is 2. The first kappa shape index (κ1) is 121. The minimum absolute atomic E-state index is 0. The maximum Gasteiger partial charge on any atom is 3.00 e. The predicted octanol–water partition coefficient (Wildman–Crippen LogP) is -10.9. The number of H-pyrrole nitrogens is 3. The number of phenols is 1. The zero-order valence-electron chi connectivity index (χ0n) is 82.0. The first-order valence-corrected chi connectivity index (χ1v) is 49.8. The molecule has 25 N–H and O–H groups in total. The molecule has 145 heavy (non-hydrogen) atoms. The van der Waals surface area contributed by atoms with Gasteiger partial charge in [0.2, 0.25) is 94.5 Å². The van der Waals surface area contributed by atoms with Crippen molar-refractivity contribution in [2.45, 2.75) is 184 Å². The maximum absolute atomic E-state index is 15.2. The summed E-state index contributed by atoms with van der Waals surface area (Å²) in [5, 5.41) is 90.3. The molecule has 2 saturated heterocycles. The van der Waals surface area contributed by atoms with Gasteiger partial charge in [-0.15, -0.1) is 0 Å². The van der Waals surface area contributed by atoms with E-state index in [1.165, 1.54) is 99.4 Å². The van der Waals surface area contributed by atoms with Crippen molar-refractivity contribution in [1.29, 1.82) is 5.41 Å². The Hall–Kier alpha value is -13.2. The molecular formula is C91H133InN28O23S2. The average Bonchev–Trinajstić information content (AvgIpc) is 1.69. The normalized spacial score (nSPS) is 16.1. The van der Waals surface area contributed by atoms with E-state index in [1.54, 1.807) is 55.5 Å². The second-order valence-corrected chi connectivity index (χ2v) is 37.7. The number of nitrogens with two attached hydrogens (primary N) is 3. The van der Waals surface area contributed by atoms with E-state index >= 15 is 4.79 Å². The number of carbonyl (C=O) groups is 19. The van der Waals surface area contributed by atoms with Gasteiger partial charge < -0.3 is 146 Å². The van der Waals surface area contributed by atoms with Gasteiger partial charge in [-0.05, 0) is 117 Å². The second-order valence-electron chi connectivity index (χ2n) is 35.8. The van der Waals surface area contributed by atoms with E-state index in [0.717, 1.165) is 0 Å². The van der Waals surface area contributed by atoms with Crippen molar-refractivity contribution in [3.05, 3.63) is 102 Å². The third-order valence-corrected chi connectivity index (χ3v) is 24.8. The molecule has 0 saturated carbocycles. The maximum atomic E-state index is 15.2. The topological polar surface area (TPSA) is 773 Å². The monoisotopic (exact) mass is 2160 g/mol. The Balaban J connectivity index is 0.0000321. The molecule has 16 amide bonds. The van der Waals surface area contributed by atoms with Crippen LogP contribution in [0.5, 0.6) is 5.75 Å². The van der Waals surface area contributed by atoms with E-state index in [4.69, 9.17) is 22.6 Å². The van der Waals surface area contributed by atoms with Gasteiger partial charge in [-0.25, -0.2) is 9.97 Å². The molecule has 7 rings (SSSR count). The molecule has 5 heterocycles. The molecule has 790 valence electrons. The van der Waals surface area contributed by atoms with Gasteiger partial charge in [-0.1, -0.05) is 58.0 Å². The molecule has 2 aliphatic rings. The minimum atomic E-state index is -1.89. The van der Waals surface area contributed by atoms with E-state index in [1.807, 2.05) is 20.1 Å².